The zero-order chi connectivity index (χ0) is 28.7. The molecule has 0 unspecified atom stereocenters. The second-order valence-electron chi connectivity index (χ2n) is 9.41. The Morgan fingerprint density at radius 1 is 0.974 bits per heavy atom. The SMILES string of the molecule is CC[C@H](C)NC(=O)[C@H](C)N(Cc1ccccc1F)C(=O)CN(c1ccc(Cl)cc1)S(=O)(=O)c1ccc(C)cc1. The molecular formula is C29H33ClFN3O4S. The van der Waals surface area contributed by atoms with Gasteiger partial charge in [-0.3, -0.25) is 13.9 Å². The molecule has 0 aliphatic rings. The van der Waals surface area contributed by atoms with Gasteiger partial charge < -0.3 is 10.2 Å². The Morgan fingerprint density at radius 3 is 2.18 bits per heavy atom. The summed E-state index contributed by atoms with van der Waals surface area (Å²) in [5, 5.41) is 3.24. The summed E-state index contributed by atoms with van der Waals surface area (Å²) in [4.78, 5) is 28.1. The highest BCUT2D eigenvalue weighted by molar-refractivity contribution is 7.92. The number of anilines is 1. The van der Waals surface area contributed by atoms with E-state index in [1.165, 1.54) is 66.4 Å². The number of aryl methyl sites for hydroxylation is 1. The van der Waals surface area contributed by atoms with Crippen LogP contribution in [0.25, 0.3) is 0 Å². The first-order valence-corrected chi connectivity index (χ1v) is 14.4. The molecule has 0 heterocycles. The topological polar surface area (TPSA) is 86.8 Å². The number of nitrogens with zero attached hydrogens (tertiary/aromatic N) is 2. The minimum atomic E-state index is -4.19. The highest BCUT2D eigenvalue weighted by Gasteiger charge is 2.33. The second-order valence-corrected chi connectivity index (χ2v) is 11.7. The Kier molecular flexibility index (Phi) is 10.1. The third kappa shape index (κ3) is 7.58. The molecule has 10 heteroatoms. The molecule has 3 aromatic rings. The van der Waals surface area contributed by atoms with Gasteiger partial charge in [0.1, 0.15) is 18.4 Å². The Balaban J connectivity index is 2.03. The van der Waals surface area contributed by atoms with Gasteiger partial charge in [0.25, 0.3) is 10.0 Å². The highest BCUT2D eigenvalue weighted by atomic mass is 35.5. The highest BCUT2D eigenvalue weighted by Crippen LogP contribution is 2.26. The van der Waals surface area contributed by atoms with Gasteiger partial charge in [-0.1, -0.05) is 54.4 Å². The molecule has 2 atom stereocenters. The minimum absolute atomic E-state index is 0.000865. The number of sulfonamides is 1. The van der Waals surface area contributed by atoms with Crippen molar-refractivity contribution in [3.8, 4) is 0 Å². The van der Waals surface area contributed by atoms with Gasteiger partial charge in [-0.05, 0) is 69.7 Å². The monoisotopic (exact) mass is 573 g/mol. The zero-order valence-electron chi connectivity index (χ0n) is 22.4. The van der Waals surface area contributed by atoms with E-state index < -0.39 is 40.2 Å². The predicted molar refractivity (Wildman–Crippen MR) is 151 cm³/mol. The van der Waals surface area contributed by atoms with Crippen LogP contribution < -0.4 is 9.62 Å². The molecule has 2 amide bonds. The first-order chi connectivity index (χ1) is 18.4. The van der Waals surface area contributed by atoms with Crippen molar-refractivity contribution in [3.05, 3.63) is 94.8 Å². The van der Waals surface area contributed by atoms with Gasteiger partial charge in [-0.25, -0.2) is 12.8 Å². The van der Waals surface area contributed by atoms with Crippen molar-refractivity contribution in [1.82, 2.24) is 10.2 Å². The van der Waals surface area contributed by atoms with Crippen molar-refractivity contribution >= 4 is 39.1 Å². The lowest BCUT2D eigenvalue weighted by Gasteiger charge is -2.32. The number of rotatable bonds is 11. The smallest absolute Gasteiger partial charge is 0.264 e. The van der Waals surface area contributed by atoms with Crippen LogP contribution in [0, 0.1) is 12.7 Å². The quantitative estimate of drug-likeness (QED) is 0.337. The molecule has 0 spiro atoms. The summed E-state index contributed by atoms with van der Waals surface area (Å²) >= 11 is 6.03. The minimum Gasteiger partial charge on any atom is -0.352 e. The summed E-state index contributed by atoms with van der Waals surface area (Å²) in [5.41, 5.74) is 1.30. The van der Waals surface area contributed by atoms with Crippen molar-refractivity contribution in [2.24, 2.45) is 0 Å². The zero-order valence-corrected chi connectivity index (χ0v) is 24.0. The fraction of sp³-hybridized carbons (Fsp3) is 0.310. The lowest BCUT2D eigenvalue weighted by molar-refractivity contribution is -0.139. The van der Waals surface area contributed by atoms with Crippen molar-refractivity contribution in [2.75, 3.05) is 10.8 Å². The van der Waals surface area contributed by atoms with Crippen LogP contribution in [0.3, 0.4) is 0 Å². The molecule has 7 nitrogen and oxygen atoms in total. The Labute approximate surface area is 234 Å². The van der Waals surface area contributed by atoms with Crippen LogP contribution in [0.15, 0.2) is 77.7 Å². The predicted octanol–water partition coefficient (Wildman–Crippen LogP) is 5.31. The van der Waals surface area contributed by atoms with Crippen molar-refractivity contribution < 1.29 is 22.4 Å². The third-order valence-electron chi connectivity index (χ3n) is 6.47. The number of amides is 2. The van der Waals surface area contributed by atoms with Crippen LogP contribution in [0.5, 0.6) is 0 Å². The summed E-state index contributed by atoms with van der Waals surface area (Å²) in [6, 6.07) is 17.1. The van der Waals surface area contributed by atoms with Crippen molar-refractivity contribution in [1.29, 1.82) is 0 Å². The van der Waals surface area contributed by atoms with Crippen molar-refractivity contribution in [2.45, 2.75) is 57.6 Å². The molecule has 0 fully saturated rings. The summed E-state index contributed by atoms with van der Waals surface area (Å²) in [5.74, 6) is -1.63. The molecule has 39 heavy (non-hydrogen) atoms. The van der Waals surface area contributed by atoms with Crippen LogP contribution in [-0.4, -0.2) is 43.8 Å². The van der Waals surface area contributed by atoms with Gasteiger partial charge in [-0.15, -0.1) is 0 Å². The Bertz CT molecular complexity index is 1400. The number of nitrogens with one attached hydrogen (secondary N) is 1. The average molecular weight is 574 g/mol. The molecule has 1 N–H and O–H groups in total. The summed E-state index contributed by atoms with van der Waals surface area (Å²) in [6.07, 6.45) is 0.679. The number of carbonyl (C=O) groups is 2. The maximum Gasteiger partial charge on any atom is 0.264 e. The summed E-state index contributed by atoms with van der Waals surface area (Å²) in [7, 11) is -4.19. The van der Waals surface area contributed by atoms with Crippen LogP contribution in [0.4, 0.5) is 10.1 Å². The van der Waals surface area contributed by atoms with Crippen LogP contribution in [0.2, 0.25) is 5.02 Å². The average Bonchev–Trinajstić information content (AvgIpc) is 2.91. The number of hydrogen-bond acceptors (Lipinski definition) is 4. The van der Waals surface area contributed by atoms with Crippen LogP contribution in [0.1, 0.15) is 38.3 Å². The number of benzene rings is 3. The van der Waals surface area contributed by atoms with E-state index in [9.17, 15) is 22.4 Å². The molecule has 0 saturated carbocycles. The molecule has 0 saturated heterocycles. The molecule has 0 aliphatic heterocycles. The maximum absolute atomic E-state index is 14.6. The van der Waals surface area contributed by atoms with E-state index in [4.69, 9.17) is 11.6 Å². The lowest BCUT2D eigenvalue weighted by atomic mass is 10.1. The van der Waals surface area contributed by atoms with Gasteiger partial charge in [0, 0.05) is 23.2 Å². The molecule has 0 radical (unpaired) electrons. The molecule has 0 bridgehead atoms. The molecule has 3 aromatic carbocycles. The largest absolute Gasteiger partial charge is 0.352 e. The number of halogens is 2. The molecule has 208 valence electrons. The van der Waals surface area contributed by atoms with Gasteiger partial charge in [0.05, 0.1) is 10.6 Å². The van der Waals surface area contributed by atoms with Gasteiger partial charge >= 0.3 is 0 Å². The van der Waals surface area contributed by atoms with E-state index in [2.05, 4.69) is 5.32 Å². The van der Waals surface area contributed by atoms with Crippen LogP contribution >= 0.6 is 11.6 Å². The van der Waals surface area contributed by atoms with E-state index in [1.807, 2.05) is 20.8 Å². The third-order valence-corrected chi connectivity index (χ3v) is 8.51. The summed E-state index contributed by atoms with van der Waals surface area (Å²) in [6.45, 7) is 6.29. The van der Waals surface area contributed by atoms with Gasteiger partial charge in [-0.2, -0.15) is 0 Å². The van der Waals surface area contributed by atoms with Gasteiger partial charge in [0.2, 0.25) is 11.8 Å². The molecule has 0 aromatic heterocycles. The van der Waals surface area contributed by atoms with E-state index in [1.54, 1.807) is 18.2 Å². The second kappa shape index (κ2) is 13.1. The molecule has 3 rings (SSSR count). The fourth-order valence-electron chi connectivity index (χ4n) is 3.83. The van der Waals surface area contributed by atoms with Crippen LogP contribution in [-0.2, 0) is 26.2 Å². The maximum atomic E-state index is 14.6. The lowest BCUT2D eigenvalue weighted by Crippen LogP contribution is -2.52. The van der Waals surface area contributed by atoms with E-state index >= 15 is 0 Å². The Hall–Kier alpha value is -3.43. The molecular weight excluding hydrogens is 541 g/mol. The van der Waals surface area contributed by atoms with E-state index in [0.29, 0.717) is 11.4 Å². The molecule has 0 aliphatic carbocycles. The van der Waals surface area contributed by atoms with Crippen molar-refractivity contribution in [3.63, 3.8) is 0 Å². The first kappa shape index (κ1) is 30.1. The normalized spacial score (nSPS) is 12.9. The van der Waals surface area contributed by atoms with E-state index in [0.717, 1.165) is 9.87 Å². The standard InChI is InChI=1S/C29H33ClFN3O4S/c1-5-21(3)32-29(36)22(4)33(18-23-8-6-7-9-27(23)31)28(35)19-34(25-14-12-24(30)13-15-25)39(37,38)26-16-10-20(2)11-17-26/h6-17,21-22H,5,18-19H2,1-4H3,(H,32,36)/t21-,22-/m0/s1. The first-order valence-electron chi connectivity index (χ1n) is 12.6. The number of hydrogen-bond donors (Lipinski definition) is 1. The number of carbonyl (C=O) groups excluding carboxylic acids is 2. The van der Waals surface area contributed by atoms with Gasteiger partial charge in [0.15, 0.2) is 0 Å². The van der Waals surface area contributed by atoms with E-state index in [-0.39, 0.29) is 28.7 Å². The summed E-state index contributed by atoms with van der Waals surface area (Å²) < 4.78 is 43.1. The fourth-order valence-corrected chi connectivity index (χ4v) is 5.37. The Morgan fingerprint density at radius 2 is 1.59 bits per heavy atom.